The SMILES string of the molecule is Cc1ccc(C)c(NC(=O)[C@@H](Nc2ccc(N3CCCC3=O)c(Cl)c2)c2ccccc2)c1. The Balaban J connectivity index is 1.60. The largest absolute Gasteiger partial charge is 0.370 e. The first-order valence-electron chi connectivity index (χ1n) is 10.7. The summed E-state index contributed by atoms with van der Waals surface area (Å²) >= 11 is 6.52. The number of benzene rings is 3. The third kappa shape index (κ3) is 4.78. The first-order valence-corrected chi connectivity index (χ1v) is 11.1. The molecule has 1 aliphatic rings. The van der Waals surface area contributed by atoms with Gasteiger partial charge in [-0.3, -0.25) is 9.59 Å². The lowest BCUT2D eigenvalue weighted by Gasteiger charge is -2.22. The van der Waals surface area contributed by atoms with Crippen molar-refractivity contribution in [3.05, 3.63) is 88.4 Å². The van der Waals surface area contributed by atoms with E-state index in [1.807, 2.05) is 74.5 Å². The molecule has 164 valence electrons. The van der Waals surface area contributed by atoms with Gasteiger partial charge in [0.25, 0.3) is 5.91 Å². The molecule has 0 radical (unpaired) electrons. The number of nitrogens with one attached hydrogen (secondary N) is 2. The van der Waals surface area contributed by atoms with E-state index in [1.54, 1.807) is 11.0 Å². The van der Waals surface area contributed by atoms with Gasteiger partial charge in [-0.2, -0.15) is 0 Å². The van der Waals surface area contributed by atoms with Gasteiger partial charge in [-0.15, -0.1) is 0 Å². The highest BCUT2D eigenvalue weighted by Gasteiger charge is 2.25. The lowest BCUT2D eigenvalue weighted by molar-refractivity contribution is -0.117. The molecule has 0 spiro atoms. The maximum atomic E-state index is 13.3. The molecule has 1 aliphatic heterocycles. The molecule has 2 N–H and O–H groups in total. The molecule has 3 aromatic carbocycles. The molecule has 3 aromatic rings. The van der Waals surface area contributed by atoms with Crippen molar-refractivity contribution < 1.29 is 9.59 Å². The Bertz CT molecular complexity index is 1150. The minimum atomic E-state index is -0.619. The van der Waals surface area contributed by atoms with Crippen LogP contribution < -0.4 is 15.5 Å². The van der Waals surface area contributed by atoms with Crippen LogP contribution >= 0.6 is 11.6 Å². The van der Waals surface area contributed by atoms with Crippen LogP contribution in [0.1, 0.15) is 35.6 Å². The Labute approximate surface area is 193 Å². The smallest absolute Gasteiger partial charge is 0.251 e. The third-order valence-electron chi connectivity index (χ3n) is 5.67. The standard InChI is InChI=1S/C26H26ClN3O2/c1-17-10-11-18(2)22(15-17)29-26(32)25(19-7-4-3-5-8-19)28-20-12-13-23(21(27)16-20)30-14-6-9-24(30)31/h3-5,7-8,10-13,15-16,25,28H,6,9,14H2,1-2H3,(H,29,32)/t25-/m0/s1. The van der Waals surface area contributed by atoms with E-state index in [0.29, 0.717) is 29.4 Å². The van der Waals surface area contributed by atoms with Gasteiger partial charge in [-0.1, -0.05) is 54.1 Å². The second-order valence-electron chi connectivity index (χ2n) is 8.11. The number of nitrogens with zero attached hydrogens (tertiary/aromatic N) is 1. The van der Waals surface area contributed by atoms with E-state index in [9.17, 15) is 9.59 Å². The van der Waals surface area contributed by atoms with Crippen molar-refractivity contribution in [2.24, 2.45) is 0 Å². The predicted octanol–water partition coefficient (Wildman–Crippen LogP) is 5.88. The zero-order valence-corrected chi connectivity index (χ0v) is 18.9. The molecular formula is C26H26ClN3O2. The molecule has 1 fully saturated rings. The van der Waals surface area contributed by atoms with Crippen LogP contribution in [0.4, 0.5) is 17.1 Å². The maximum Gasteiger partial charge on any atom is 0.251 e. The van der Waals surface area contributed by atoms with Crippen LogP contribution in [0.5, 0.6) is 0 Å². The van der Waals surface area contributed by atoms with E-state index in [1.165, 1.54) is 0 Å². The number of hydrogen-bond acceptors (Lipinski definition) is 3. The number of amides is 2. The highest BCUT2D eigenvalue weighted by molar-refractivity contribution is 6.34. The average Bonchev–Trinajstić information content (AvgIpc) is 3.20. The summed E-state index contributed by atoms with van der Waals surface area (Å²) in [6.07, 6.45) is 1.38. The Morgan fingerprint density at radius 1 is 1.03 bits per heavy atom. The molecule has 1 atom stereocenters. The fourth-order valence-electron chi connectivity index (χ4n) is 3.91. The number of halogens is 1. The van der Waals surface area contributed by atoms with E-state index in [4.69, 9.17) is 11.6 Å². The van der Waals surface area contributed by atoms with E-state index in [-0.39, 0.29) is 11.8 Å². The Kier molecular flexibility index (Phi) is 6.47. The second kappa shape index (κ2) is 9.45. The van der Waals surface area contributed by atoms with Crippen molar-refractivity contribution in [2.75, 3.05) is 22.1 Å². The van der Waals surface area contributed by atoms with Crippen molar-refractivity contribution in [3.8, 4) is 0 Å². The molecule has 1 heterocycles. The minimum absolute atomic E-state index is 0.0858. The zero-order valence-electron chi connectivity index (χ0n) is 18.2. The monoisotopic (exact) mass is 447 g/mol. The number of carbonyl (C=O) groups is 2. The van der Waals surface area contributed by atoms with Crippen LogP contribution in [-0.2, 0) is 9.59 Å². The zero-order chi connectivity index (χ0) is 22.7. The Hall–Kier alpha value is -3.31. The molecule has 1 saturated heterocycles. The first kappa shape index (κ1) is 21.9. The van der Waals surface area contributed by atoms with Crippen molar-refractivity contribution >= 4 is 40.5 Å². The lowest BCUT2D eigenvalue weighted by Crippen LogP contribution is -2.28. The molecule has 32 heavy (non-hydrogen) atoms. The number of hydrogen-bond donors (Lipinski definition) is 2. The van der Waals surface area contributed by atoms with Gasteiger partial charge in [0.15, 0.2) is 0 Å². The maximum absolute atomic E-state index is 13.3. The van der Waals surface area contributed by atoms with Crippen molar-refractivity contribution in [1.29, 1.82) is 0 Å². The molecule has 4 rings (SSSR count). The number of rotatable bonds is 6. The second-order valence-corrected chi connectivity index (χ2v) is 8.52. The normalized spacial score (nSPS) is 14.3. The molecule has 0 bridgehead atoms. The average molecular weight is 448 g/mol. The summed E-state index contributed by atoms with van der Waals surface area (Å²) in [7, 11) is 0. The van der Waals surface area contributed by atoms with E-state index >= 15 is 0 Å². The summed E-state index contributed by atoms with van der Waals surface area (Å²) in [5, 5.41) is 6.86. The molecule has 0 aliphatic carbocycles. The molecular weight excluding hydrogens is 422 g/mol. The van der Waals surface area contributed by atoms with Gasteiger partial charge >= 0.3 is 0 Å². The van der Waals surface area contributed by atoms with Crippen LogP contribution in [0.25, 0.3) is 0 Å². The number of anilines is 3. The van der Waals surface area contributed by atoms with Gasteiger partial charge < -0.3 is 15.5 Å². The molecule has 0 saturated carbocycles. The highest BCUT2D eigenvalue weighted by Crippen LogP contribution is 2.33. The van der Waals surface area contributed by atoms with Gasteiger partial charge in [0, 0.05) is 24.3 Å². The number of aryl methyl sites for hydroxylation is 2. The van der Waals surface area contributed by atoms with Crippen LogP contribution in [0.2, 0.25) is 5.02 Å². The van der Waals surface area contributed by atoms with Crippen molar-refractivity contribution in [2.45, 2.75) is 32.7 Å². The summed E-state index contributed by atoms with van der Waals surface area (Å²) in [5.74, 6) is -0.0810. The van der Waals surface area contributed by atoms with E-state index < -0.39 is 6.04 Å². The third-order valence-corrected chi connectivity index (χ3v) is 5.97. The Morgan fingerprint density at radius 3 is 2.50 bits per heavy atom. The predicted molar refractivity (Wildman–Crippen MR) is 130 cm³/mol. The van der Waals surface area contributed by atoms with Crippen LogP contribution in [-0.4, -0.2) is 18.4 Å². The summed E-state index contributed by atoms with van der Waals surface area (Å²) < 4.78 is 0. The van der Waals surface area contributed by atoms with Gasteiger partial charge in [0.2, 0.25) is 5.91 Å². The summed E-state index contributed by atoms with van der Waals surface area (Å²) in [4.78, 5) is 27.1. The summed E-state index contributed by atoms with van der Waals surface area (Å²) in [5.41, 5.74) is 5.11. The van der Waals surface area contributed by atoms with Crippen LogP contribution in [0.3, 0.4) is 0 Å². The van der Waals surface area contributed by atoms with Gasteiger partial charge in [0.05, 0.1) is 10.7 Å². The van der Waals surface area contributed by atoms with E-state index in [0.717, 1.165) is 28.8 Å². The molecule has 5 nitrogen and oxygen atoms in total. The first-order chi connectivity index (χ1) is 15.4. The summed E-state index contributed by atoms with van der Waals surface area (Å²) in [6.45, 7) is 4.64. The fraction of sp³-hybridized carbons (Fsp3) is 0.231. The van der Waals surface area contributed by atoms with Crippen LogP contribution in [0.15, 0.2) is 66.7 Å². The lowest BCUT2D eigenvalue weighted by atomic mass is 10.0. The minimum Gasteiger partial charge on any atom is -0.370 e. The van der Waals surface area contributed by atoms with Gasteiger partial charge in [-0.25, -0.2) is 0 Å². The van der Waals surface area contributed by atoms with Gasteiger partial charge in [-0.05, 0) is 61.2 Å². The topological polar surface area (TPSA) is 61.4 Å². The van der Waals surface area contributed by atoms with E-state index in [2.05, 4.69) is 10.6 Å². The Morgan fingerprint density at radius 2 is 1.81 bits per heavy atom. The van der Waals surface area contributed by atoms with Crippen LogP contribution in [0, 0.1) is 13.8 Å². The fourth-order valence-corrected chi connectivity index (χ4v) is 4.19. The quantitative estimate of drug-likeness (QED) is 0.496. The van der Waals surface area contributed by atoms with Crippen molar-refractivity contribution in [3.63, 3.8) is 0 Å². The molecule has 2 amide bonds. The number of carbonyl (C=O) groups excluding carboxylic acids is 2. The van der Waals surface area contributed by atoms with Gasteiger partial charge in [0.1, 0.15) is 6.04 Å². The molecule has 0 aromatic heterocycles. The molecule has 0 unspecified atom stereocenters. The highest BCUT2D eigenvalue weighted by atomic mass is 35.5. The van der Waals surface area contributed by atoms with Crippen molar-refractivity contribution in [1.82, 2.24) is 0 Å². The molecule has 6 heteroatoms. The summed E-state index contributed by atoms with van der Waals surface area (Å²) in [6, 6.07) is 20.4.